The van der Waals surface area contributed by atoms with E-state index < -0.39 is 34.1 Å². The smallest absolute Gasteiger partial charge is 0.406 e. The SMILES string of the molecule is CS(=O)(=O)NCCC[C@@H](N)C(=O)Nc1cccc(OC(F)(F)F)c1. The summed E-state index contributed by atoms with van der Waals surface area (Å²) >= 11 is 0. The van der Waals surface area contributed by atoms with Crippen LogP contribution in [0.25, 0.3) is 0 Å². The molecule has 0 aliphatic rings. The Morgan fingerprint density at radius 2 is 2.04 bits per heavy atom. The average molecular weight is 369 g/mol. The highest BCUT2D eigenvalue weighted by Gasteiger charge is 2.31. The van der Waals surface area contributed by atoms with Crippen molar-refractivity contribution >= 4 is 21.6 Å². The van der Waals surface area contributed by atoms with E-state index >= 15 is 0 Å². The second kappa shape index (κ2) is 8.31. The Balaban J connectivity index is 2.50. The molecular formula is C13H18F3N3O4S. The van der Waals surface area contributed by atoms with Gasteiger partial charge in [-0.05, 0) is 25.0 Å². The summed E-state index contributed by atoms with van der Waals surface area (Å²) < 4.78 is 64.2. The number of nitrogens with one attached hydrogen (secondary N) is 2. The lowest BCUT2D eigenvalue weighted by Gasteiger charge is -2.14. The van der Waals surface area contributed by atoms with Gasteiger partial charge in [0.05, 0.1) is 12.3 Å². The third kappa shape index (κ3) is 8.70. The molecule has 1 amide bonds. The summed E-state index contributed by atoms with van der Waals surface area (Å²) in [4.78, 5) is 11.9. The number of carbonyl (C=O) groups is 1. The van der Waals surface area contributed by atoms with Gasteiger partial charge < -0.3 is 15.8 Å². The van der Waals surface area contributed by atoms with Crippen molar-refractivity contribution in [1.82, 2.24) is 4.72 Å². The molecule has 4 N–H and O–H groups in total. The molecule has 24 heavy (non-hydrogen) atoms. The minimum atomic E-state index is -4.83. The standard InChI is InChI=1S/C13H18F3N3O4S/c1-24(21,22)18-7-3-6-11(17)12(20)19-9-4-2-5-10(8-9)23-13(14,15)16/h2,4-5,8,11,18H,3,6-7,17H2,1H3,(H,19,20)/t11-/m1/s1. The van der Waals surface area contributed by atoms with Crippen molar-refractivity contribution in [3.05, 3.63) is 24.3 Å². The van der Waals surface area contributed by atoms with Gasteiger partial charge in [0, 0.05) is 18.3 Å². The molecule has 0 bridgehead atoms. The first-order chi connectivity index (χ1) is 11.0. The number of carbonyl (C=O) groups excluding carboxylic acids is 1. The van der Waals surface area contributed by atoms with Gasteiger partial charge in [0.1, 0.15) is 5.75 Å². The number of sulfonamides is 1. The van der Waals surface area contributed by atoms with Crippen LogP contribution in [0, 0.1) is 0 Å². The number of nitrogens with two attached hydrogens (primary N) is 1. The van der Waals surface area contributed by atoms with E-state index in [1.54, 1.807) is 0 Å². The highest BCUT2D eigenvalue weighted by molar-refractivity contribution is 7.88. The van der Waals surface area contributed by atoms with Crippen LogP contribution in [0.5, 0.6) is 5.75 Å². The maximum atomic E-state index is 12.1. The lowest BCUT2D eigenvalue weighted by molar-refractivity contribution is -0.274. The number of ether oxygens (including phenoxy) is 1. The van der Waals surface area contributed by atoms with Crippen molar-refractivity contribution < 1.29 is 31.1 Å². The van der Waals surface area contributed by atoms with Gasteiger partial charge in [-0.3, -0.25) is 4.79 Å². The Kier molecular flexibility index (Phi) is 6.99. The molecule has 1 aromatic carbocycles. The Hall–Kier alpha value is -1.85. The molecule has 0 radical (unpaired) electrons. The van der Waals surface area contributed by atoms with E-state index in [0.29, 0.717) is 6.42 Å². The highest BCUT2D eigenvalue weighted by atomic mass is 32.2. The van der Waals surface area contributed by atoms with Gasteiger partial charge in [0.25, 0.3) is 0 Å². The van der Waals surface area contributed by atoms with Crippen molar-refractivity contribution in [2.45, 2.75) is 25.2 Å². The fraction of sp³-hybridized carbons (Fsp3) is 0.462. The first kappa shape index (κ1) is 20.2. The van der Waals surface area contributed by atoms with Gasteiger partial charge in [0.2, 0.25) is 15.9 Å². The van der Waals surface area contributed by atoms with E-state index in [-0.39, 0.29) is 18.7 Å². The maximum absolute atomic E-state index is 12.1. The molecule has 1 rings (SSSR count). The van der Waals surface area contributed by atoms with E-state index in [1.807, 2.05) is 0 Å². The zero-order chi connectivity index (χ0) is 18.4. The van der Waals surface area contributed by atoms with Gasteiger partial charge >= 0.3 is 6.36 Å². The molecule has 1 aromatic rings. The maximum Gasteiger partial charge on any atom is 0.573 e. The van der Waals surface area contributed by atoms with Crippen molar-refractivity contribution in [3.8, 4) is 5.75 Å². The summed E-state index contributed by atoms with van der Waals surface area (Å²) in [5, 5.41) is 2.38. The molecule has 0 unspecified atom stereocenters. The molecule has 0 saturated carbocycles. The van der Waals surface area contributed by atoms with E-state index in [9.17, 15) is 26.4 Å². The van der Waals surface area contributed by atoms with E-state index in [0.717, 1.165) is 18.4 Å². The second-order valence-corrected chi connectivity index (χ2v) is 6.81. The summed E-state index contributed by atoms with van der Waals surface area (Å²) in [5.74, 6) is -1.07. The fourth-order valence-corrected chi connectivity index (χ4v) is 2.23. The summed E-state index contributed by atoms with van der Waals surface area (Å²) in [6, 6.07) is 3.86. The average Bonchev–Trinajstić information content (AvgIpc) is 2.40. The highest BCUT2D eigenvalue weighted by Crippen LogP contribution is 2.25. The fourth-order valence-electron chi connectivity index (χ4n) is 1.72. The topological polar surface area (TPSA) is 111 Å². The molecule has 0 heterocycles. The molecule has 0 saturated heterocycles. The lowest BCUT2D eigenvalue weighted by atomic mass is 10.1. The molecule has 0 spiro atoms. The van der Waals surface area contributed by atoms with Gasteiger partial charge in [0.15, 0.2) is 0 Å². The van der Waals surface area contributed by atoms with Crippen LogP contribution in [0.1, 0.15) is 12.8 Å². The number of anilines is 1. The molecule has 136 valence electrons. The first-order valence-electron chi connectivity index (χ1n) is 6.83. The van der Waals surface area contributed by atoms with Crippen molar-refractivity contribution in [3.63, 3.8) is 0 Å². The van der Waals surface area contributed by atoms with Crippen LogP contribution in [0.2, 0.25) is 0 Å². The predicted octanol–water partition coefficient (Wildman–Crippen LogP) is 1.18. The van der Waals surface area contributed by atoms with Gasteiger partial charge in [-0.1, -0.05) is 6.07 Å². The summed E-state index contributed by atoms with van der Waals surface area (Å²) in [7, 11) is -3.31. The van der Waals surface area contributed by atoms with Gasteiger partial charge in [-0.25, -0.2) is 13.1 Å². The van der Waals surface area contributed by atoms with Crippen LogP contribution >= 0.6 is 0 Å². The Labute approximate surface area is 137 Å². The third-order valence-electron chi connectivity index (χ3n) is 2.73. The summed E-state index contributed by atoms with van der Waals surface area (Å²) in [6.45, 7) is 0.134. The molecule has 0 aliphatic heterocycles. The Morgan fingerprint density at radius 3 is 2.62 bits per heavy atom. The molecule has 0 fully saturated rings. The van der Waals surface area contributed by atoms with E-state index in [2.05, 4.69) is 14.8 Å². The number of hydrogen-bond acceptors (Lipinski definition) is 5. The first-order valence-corrected chi connectivity index (χ1v) is 8.72. The predicted molar refractivity (Wildman–Crippen MR) is 81.8 cm³/mol. The van der Waals surface area contributed by atoms with Crippen LogP contribution in [0.3, 0.4) is 0 Å². The number of benzene rings is 1. The van der Waals surface area contributed by atoms with Crippen molar-refractivity contribution in [2.24, 2.45) is 5.73 Å². The zero-order valence-electron chi connectivity index (χ0n) is 12.8. The number of amides is 1. The molecule has 11 heteroatoms. The van der Waals surface area contributed by atoms with Crippen molar-refractivity contribution in [2.75, 3.05) is 18.1 Å². The minimum Gasteiger partial charge on any atom is -0.406 e. The van der Waals surface area contributed by atoms with Crippen LogP contribution in [0.4, 0.5) is 18.9 Å². The van der Waals surface area contributed by atoms with E-state index in [1.165, 1.54) is 12.1 Å². The third-order valence-corrected chi connectivity index (χ3v) is 3.46. The normalized spacial score (nSPS) is 13.4. The zero-order valence-corrected chi connectivity index (χ0v) is 13.6. The Morgan fingerprint density at radius 1 is 1.38 bits per heavy atom. The van der Waals surface area contributed by atoms with Gasteiger partial charge in [-0.15, -0.1) is 13.2 Å². The molecule has 1 atom stereocenters. The second-order valence-electron chi connectivity index (χ2n) is 4.98. The summed E-state index contributed by atoms with van der Waals surface area (Å²) in [5.41, 5.74) is 5.76. The van der Waals surface area contributed by atoms with Crippen molar-refractivity contribution in [1.29, 1.82) is 0 Å². The number of rotatable bonds is 8. The lowest BCUT2D eigenvalue weighted by Crippen LogP contribution is -2.36. The molecular weight excluding hydrogens is 351 g/mol. The number of hydrogen-bond donors (Lipinski definition) is 3. The number of halogens is 3. The van der Waals surface area contributed by atoms with E-state index in [4.69, 9.17) is 5.73 Å². The monoisotopic (exact) mass is 369 g/mol. The number of alkyl halides is 3. The van der Waals surface area contributed by atoms with Gasteiger partial charge in [-0.2, -0.15) is 0 Å². The van der Waals surface area contributed by atoms with Crippen LogP contribution in [0.15, 0.2) is 24.3 Å². The van der Waals surface area contributed by atoms with Crippen LogP contribution in [-0.4, -0.2) is 39.5 Å². The molecule has 0 aliphatic carbocycles. The molecule has 0 aromatic heterocycles. The van der Waals surface area contributed by atoms with Crippen LogP contribution in [-0.2, 0) is 14.8 Å². The Bertz CT molecular complexity index is 665. The largest absolute Gasteiger partial charge is 0.573 e. The molecule has 7 nitrogen and oxygen atoms in total. The summed E-state index contributed by atoms with van der Waals surface area (Å²) in [6.07, 6.45) is -3.28. The quantitative estimate of drug-likeness (QED) is 0.596. The van der Waals surface area contributed by atoms with Crippen LogP contribution < -0.4 is 20.5 Å². The minimum absolute atomic E-state index is 0.103.